The van der Waals surface area contributed by atoms with Crippen LogP contribution in [-0.4, -0.2) is 17.0 Å². The number of rotatable bonds is 4. The van der Waals surface area contributed by atoms with Crippen LogP contribution in [0.2, 0.25) is 0 Å². The zero-order valence-electron chi connectivity index (χ0n) is 10.7. The summed E-state index contributed by atoms with van der Waals surface area (Å²) in [4.78, 5) is 10.7. The highest BCUT2D eigenvalue weighted by molar-refractivity contribution is 5.72. The molecule has 1 saturated carbocycles. The molecule has 0 amide bonds. The fourth-order valence-corrected chi connectivity index (χ4v) is 2.50. The molecule has 0 aromatic heterocycles. The molecule has 0 heterocycles. The number of carbonyl (C=O) groups is 1. The van der Waals surface area contributed by atoms with E-state index < -0.39 is 5.60 Å². The summed E-state index contributed by atoms with van der Waals surface area (Å²) in [5.41, 5.74) is 0.447. The maximum atomic E-state index is 10.7. The number of carbonyl (C=O) groups excluding carboxylic acids is 1. The van der Waals surface area contributed by atoms with Gasteiger partial charge >= 0.3 is 0 Å². The molecule has 1 atom stereocenters. The van der Waals surface area contributed by atoms with Crippen molar-refractivity contribution in [3.8, 4) is 0 Å². The van der Waals surface area contributed by atoms with Crippen molar-refractivity contribution in [1.82, 2.24) is 0 Å². The highest BCUT2D eigenvalue weighted by atomic mass is 16.3. The van der Waals surface area contributed by atoms with E-state index in [4.69, 9.17) is 0 Å². The van der Waals surface area contributed by atoms with Crippen molar-refractivity contribution in [3.63, 3.8) is 0 Å². The van der Waals surface area contributed by atoms with Crippen molar-refractivity contribution >= 4 is 6.29 Å². The van der Waals surface area contributed by atoms with Crippen LogP contribution in [0.4, 0.5) is 0 Å². The number of hydrogen-bond acceptors (Lipinski definition) is 2. The third-order valence-corrected chi connectivity index (χ3v) is 3.89. The highest BCUT2D eigenvalue weighted by Crippen LogP contribution is 2.36. The lowest BCUT2D eigenvalue weighted by Gasteiger charge is -2.35. The molecule has 1 fully saturated rings. The van der Waals surface area contributed by atoms with Crippen molar-refractivity contribution in [2.75, 3.05) is 0 Å². The van der Waals surface area contributed by atoms with Crippen LogP contribution in [-0.2, 0) is 4.79 Å². The van der Waals surface area contributed by atoms with Gasteiger partial charge in [-0.1, -0.05) is 19.9 Å². The summed E-state index contributed by atoms with van der Waals surface area (Å²) >= 11 is 0. The molecule has 0 aliphatic heterocycles. The Bertz CT molecular complexity index is 256. The summed E-state index contributed by atoms with van der Waals surface area (Å²) in [5.74, 6) is 1.08. The van der Waals surface area contributed by atoms with E-state index >= 15 is 0 Å². The number of hydrogen-bond donors (Lipinski definition) is 1. The summed E-state index contributed by atoms with van der Waals surface area (Å²) < 4.78 is 0. The highest BCUT2D eigenvalue weighted by Gasteiger charge is 2.30. The van der Waals surface area contributed by atoms with E-state index in [1.54, 1.807) is 0 Å². The van der Waals surface area contributed by atoms with Gasteiger partial charge in [-0.25, -0.2) is 0 Å². The molecule has 16 heavy (non-hydrogen) atoms. The first-order valence-corrected chi connectivity index (χ1v) is 6.36. The van der Waals surface area contributed by atoms with Crippen LogP contribution in [0.5, 0.6) is 0 Å². The molecule has 2 nitrogen and oxygen atoms in total. The second kappa shape index (κ2) is 5.62. The van der Waals surface area contributed by atoms with Crippen LogP contribution in [0.3, 0.4) is 0 Å². The molecule has 1 aliphatic rings. The van der Waals surface area contributed by atoms with Gasteiger partial charge in [-0.3, -0.25) is 4.79 Å². The molecule has 1 rings (SSSR count). The number of aliphatic hydroxyl groups is 1. The van der Waals surface area contributed by atoms with E-state index in [2.05, 4.69) is 13.0 Å². The predicted molar refractivity (Wildman–Crippen MR) is 66.2 cm³/mol. The first kappa shape index (κ1) is 13.4. The van der Waals surface area contributed by atoms with Crippen molar-refractivity contribution in [1.29, 1.82) is 0 Å². The Labute approximate surface area is 98.7 Å². The Morgan fingerprint density at radius 1 is 1.50 bits per heavy atom. The van der Waals surface area contributed by atoms with Gasteiger partial charge in [0.2, 0.25) is 0 Å². The van der Waals surface area contributed by atoms with Crippen molar-refractivity contribution in [2.45, 2.75) is 58.5 Å². The van der Waals surface area contributed by atoms with Gasteiger partial charge in [-0.15, -0.1) is 0 Å². The Morgan fingerprint density at radius 2 is 2.06 bits per heavy atom. The van der Waals surface area contributed by atoms with E-state index in [-0.39, 0.29) is 0 Å². The normalized spacial score (nSPS) is 33.5. The molecule has 0 aromatic carbocycles. The smallest absolute Gasteiger partial charge is 0.145 e. The van der Waals surface area contributed by atoms with Crippen molar-refractivity contribution in [3.05, 3.63) is 11.6 Å². The van der Waals surface area contributed by atoms with Crippen LogP contribution in [0.15, 0.2) is 11.6 Å². The van der Waals surface area contributed by atoms with Gasteiger partial charge in [0, 0.05) is 0 Å². The van der Waals surface area contributed by atoms with Crippen LogP contribution < -0.4 is 0 Å². The molecule has 1 N–H and O–H groups in total. The van der Waals surface area contributed by atoms with E-state index in [9.17, 15) is 9.90 Å². The summed E-state index contributed by atoms with van der Waals surface area (Å²) in [6, 6.07) is 0. The maximum absolute atomic E-state index is 10.7. The van der Waals surface area contributed by atoms with Crippen LogP contribution in [0.1, 0.15) is 52.9 Å². The average Bonchev–Trinajstić information content (AvgIpc) is 2.25. The summed E-state index contributed by atoms with van der Waals surface area (Å²) in [7, 11) is 0. The first-order chi connectivity index (χ1) is 7.48. The van der Waals surface area contributed by atoms with E-state index in [0.717, 1.165) is 44.0 Å². The van der Waals surface area contributed by atoms with Crippen LogP contribution in [0.25, 0.3) is 0 Å². The van der Waals surface area contributed by atoms with Gasteiger partial charge in [-0.2, -0.15) is 0 Å². The molecule has 0 spiro atoms. The van der Waals surface area contributed by atoms with Gasteiger partial charge in [0.05, 0.1) is 5.60 Å². The summed E-state index contributed by atoms with van der Waals surface area (Å²) in [5, 5.41) is 9.88. The number of aldehydes is 1. The average molecular weight is 224 g/mol. The molecule has 0 aromatic rings. The third kappa shape index (κ3) is 3.75. The second-order valence-electron chi connectivity index (χ2n) is 5.41. The van der Waals surface area contributed by atoms with Gasteiger partial charge < -0.3 is 5.11 Å². The molecule has 2 heteroatoms. The van der Waals surface area contributed by atoms with Gasteiger partial charge in [0.1, 0.15) is 6.29 Å². The Hall–Kier alpha value is -0.630. The molecule has 0 saturated heterocycles. The van der Waals surface area contributed by atoms with E-state index in [1.165, 1.54) is 0 Å². The zero-order chi connectivity index (χ0) is 12.2. The fraction of sp³-hybridized carbons (Fsp3) is 0.786. The van der Waals surface area contributed by atoms with E-state index in [0.29, 0.717) is 11.8 Å². The van der Waals surface area contributed by atoms with Crippen molar-refractivity contribution in [2.24, 2.45) is 11.8 Å². The number of allylic oxidation sites excluding steroid dienone is 2. The van der Waals surface area contributed by atoms with Crippen LogP contribution in [0, 0.1) is 11.8 Å². The molecular formula is C14H24O2. The minimum absolute atomic E-state index is 0.455. The molecule has 0 bridgehead atoms. The summed E-state index contributed by atoms with van der Waals surface area (Å²) in [6.07, 6.45) is 7.81. The minimum atomic E-state index is -0.460. The fourth-order valence-electron chi connectivity index (χ4n) is 2.50. The Balaban J connectivity index is 2.53. The van der Waals surface area contributed by atoms with Gasteiger partial charge in [0.15, 0.2) is 0 Å². The lowest BCUT2D eigenvalue weighted by molar-refractivity contribution is -0.105. The Kier molecular flexibility index (Phi) is 4.72. The quantitative estimate of drug-likeness (QED) is 0.588. The second-order valence-corrected chi connectivity index (χ2v) is 5.41. The minimum Gasteiger partial charge on any atom is -0.390 e. The standard InChI is InChI=1S/C14H24O2/c1-4-12(10-15)9-11(2)13-5-7-14(3,16)8-6-13/h9-11,13,16H,4-8H2,1-3H3/b12-9-. The lowest BCUT2D eigenvalue weighted by Crippen LogP contribution is -2.32. The lowest BCUT2D eigenvalue weighted by atomic mass is 9.74. The maximum Gasteiger partial charge on any atom is 0.145 e. The molecule has 1 unspecified atom stereocenters. The molecular weight excluding hydrogens is 200 g/mol. The van der Waals surface area contributed by atoms with Crippen molar-refractivity contribution < 1.29 is 9.90 Å². The third-order valence-electron chi connectivity index (χ3n) is 3.89. The SMILES string of the molecule is CC/C(C=O)=C/C(C)C1CCC(C)(O)CC1. The van der Waals surface area contributed by atoms with E-state index in [1.807, 2.05) is 13.8 Å². The molecule has 92 valence electrons. The van der Waals surface area contributed by atoms with Crippen LogP contribution >= 0.6 is 0 Å². The van der Waals surface area contributed by atoms with Gasteiger partial charge in [0.25, 0.3) is 0 Å². The zero-order valence-corrected chi connectivity index (χ0v) is 10.7. The topological polar surface area (TPSA) is 37.3 Å². The Morgan fingerprint density at radius 3 is 2.50 bits per heavy atom. The van der Waals surface area contributed by atoms with Gasteiger partial charge in [-0.05, 0) is 56.4 Å². The first-order valence-electron chi connectivity index (χ1n) is 6.36. The largest absolute Gasteiger partial charge is 0.390 e. The predicted octanol–water partition coefficient (Wildman–Crippen LogP) is 3.10. The molecule has 1 aliphatic carbocycles. The summed E-state index contributed by atoms with van der Waals surface area (Å²) in [6.45, 7) is 6.12. The molecule has 0 radical (unpaired) electrons. The monoisotopic (exact) mass is 224 g/mol.